The maximum absolute atomic E-state index is 8.63. The highest BCUT2D eigenvalue weighted by Crippen LogP contribution is 2.14. The number of nitrogens with two attached hydrogens (primary N) is 1. The van der Waals surface area contributed by atoms with Crippen molar-refractivity contribution in [3.05, 3.63) is 35.4 Å². The third-order valence-corrected chi connectivity index (χ3v) is 3.28. The summed E-state index contributed by atoms with van der Waals surface area (Å²) in [5.74, 6) is 1.92. The molecule has 0 fully saturated rings. The third-order valence-electron chi connectivity index (χ3n) is 1.93. The van der Waals surface area contributed by atoms with Crippen LogP contribution < -0.4 is 5.73 Å². The Morgan fingerprint density at radius 2 is 2.27 bits per heavy atom. The van der Waals surface area contributed by atoms with E-state index in [1.165, 1.54) is 5.56 Å². The van der Waals surface area contributed by atoms with Gasteiger partial charge in [0.1, 0.15) is 4.99 Å². The molecule has 0 heterocycles. The highest BCUT2D eigenvalue weighted by Gasteiger charge is 1.98. The standard InChI is InChI=1S/C11H15NOS2/c12-11(14)10-4-1-3-9(7-10)8-15-6-2-5-13/h1,3-4,7,13H,2,5-6,8H2,(H2,12,14). The van der Waals surface area contributed by atoms with Gasteiger partial charge in [0.15, 0.2) is 0 Å². The Balaban J connectivity index is 2.47. The minimum absolute atomic E-state index is 0.264. The lowest BCUT2D eigenvalue weighted by atomic mass is 10.1. The molecule has 1 aromatic carbocycles. The summed E-state index contributed by atoms with van der Waals surface area (Å²) in [7, 11) is 0. The van der Waals surface area contributed by atoms with E-state index in [0.29, 0.717) is 4.99 Å². The predicted molar refractivity (Wildman–Crippen MR) is 70.2 cm³/mol. The number of aliphatic hydroxyl groups is 1. The largest absolute Gasteiger partial charge is 0.396 e. The first-order chi connectivity index (χ1) is 7.24. The fourth-order valence-electron chi connectivity index (χ4n) is 1.17. The first-order valence-corrected chi connectivity index (χ1v) is 6.37. The van der Waals surface area contributed by atoms with Crippen LogP contribution in [0.3, 0.4) is 0 Å². The van der Waals surface area contributed by atoms with Crippen molar-refractivity contribution in [3.63, 3.8) is 0 Å². The molecular weight excluding hydrogens is 226 g/mol. The van der Waals surface area contributed by atoms with Crippen molar-refractivity contribution < 1.29 is 5.11 Å². The van der Waals surface area contributed by atoms with Crippen molar-refractivity contribution in [1.29, 1.82) is 0 Å². The van der Waals surface area contributed by atoms with Crippen molar-refractivity contribution >= 4 is 29.0 Å². The molecule has 3 N–H and O–H groups in total. The van der Waals surface area contributed by atoms with Crippen molar-refractivity contribution in [2.24, 2.45) is 5.73 Å². The molecule has 82 valence electrons. The Morgan fingerprint density at radius 3 is 2.93 bits per heavy atom. The molecule has 0 aromatic heterocycles. The molecule has 0 atom stereocenters. The second kappa shape index (κ2) is 6.82. The molecule has 0 saturated heterocycles. The third kappa shape index (κ3) is 4.64. The summed E-state index contributed by atoms with van der Waals surface area (Å²) in [6, 6.07) is 7.97. The van der Waals surface area contributed by atoms with Crippen LogP contribution >= 0.6 is 24.0 Å². The van der Waals surface area contributed by atoms with Crippen LogP contribution in [0.1, 0.15) is 17.5 Å². The number of aliphatic hydroxyl groups excluding tert-OH is 1. The lowest BCUT2D eigenvalue weighted by molar-refractivity contribution is 0.296. The molecule has 0 aliphatic carbocycles. The van der Waals surface area contributed by atoms with Gasteiger partial charge in [0.2, 0.25) is 0 Å². The van der Waals surface area contributed by atoms with Gasteiger partial charge in [0.25, 0.3) is 0 Å². The quantitative estimate of drug-likeness (QED) is 0.590. The maximum Gasteiger partial charge on any atom is 0.103 e. The van der Waals surface area contributed by atoms with Gasteiger partial charge < -0.3 is 10.8 Å². The normalized spacial score (nSPS) is 10.2. The van der Waals surface area contributed by atoms with Gasteiger partial charge in [-0.05, 0) is 23.8 Å². The van der Waals surface area contributed by atoms with Gasteiger partial charge in [0, 0.05) is 17.9 Å². The summed E-state index contributed by atoms with van der Waals surface area (Å²) in [5, 5.41) is 8.63. The minimum Gasteiger partial charge on any atom is -0.396 e. The average molecular weight is 241 g/mol. The van der Waals surface area contributed by atoms with E-state index in [1.54, 1.807) is 0 Å². The van der Waals surface area contributed by atoms with Gasteiger partial charge in [-0.1, -0.05) is 30.4 Å². The summed E-state index contributed by atoms with van der Waals surface area (Å²) in [5.41, 5.74) is 7.70. The van der Waals surface area contributed by atoms with Crippen LogP contribution in [-0.4, -0.2) is 22.5 Å². The molecule has 0 amide bonds. The molecule has 0 aliphatic rings. The molecule has 4 heteroatoms. The molecule has 0 bridgehead atoms. The second-order valence-electron chi connectivity index (χ2n) is 3.19. The Kier molecular flexibility index (Phi) is 5.68. The van der Waals surface area contributed by atoms with Crippen LogP contribution in [0.15, 0.2) is 24.3 Å². The molecule has 0 saturated carbocycles. The Hall–Kier alpha value is -0.580. The van der Waals surface area contributed by atoms with Crippen molar-refractivity contribution in [2.45, 2.75) is 12.2 Å². The number of benzene rings is 1. The molecule has 1 aromatic rings. The second-order valence-corrected chi connectivity index (χ2v) is 4.74. The predicted octanol–water partition coefficient (Wildman–Crippen LogP) is 1.94. The smallest absolute Gasteiger partial charge is 0.103 e. The topological polar surface area (TPSA) is 46.2 Å². The van der Waals surface area contributed by atoms with Crippen molar-refractivity contribution in [2.75, 3.05) is 12.4 Å². The van der Waals surface area contributed by atoms with Crippen molar-refractivity contribution in [3.8, 4) is 0 Å². The van der Waals surface area contributed by atoms with Gasteiger partial charge in [-0.25, -0.2) is 0 Å². The van der Waals surface area contributed by atoms with Crippen LogP contribution in [0.2, 0.25) is 0 Å². The van der Waals surface area contributed by atoms with Crippen LogP contribution in [0.4, 0.5) is 0 Å². The maximum atomic E-state index is 8.63. The number of hydrogen-bond acceptors (Lipinski definition) is 3. The van der Waals surface area contributed by atoms with E-state index < -0.39 is 0 Å². The van der Waals surface area contributed by atoms with Crippen LogP contribution in [0.25, 0.3) is 0 Å². The van der Waals surface area contributed by atoms with E-state index in [4.69, 9.17) is 23.1 Å². The SMILES string of the molecule is NC(=S)c1cccc(CSCCCO)c1. The molecule has 2 nitrogen and oxygen atoms in total. The molecule has 1 rings (SSSR count). The summed E-state index contributed by atoms with van der Waals surface area (Å²) in [4.78, 5) is 0.442. The molecule has 0 spiro atoms. The van der Waals surface area contributed by atoms with Gasteiger partial charge in [-0.15, -0.1) is 0 Å². The van der Waals surface area contributed by atoms with Gasteiger partial charge in [-0.3, -0.25) is 0 Å². The van der Waals surface area contributed by atoms with E-state index in [9.17, 15) is 0 Å². The first kappa shape index (κ1) is 12.5. The number of rotatable bonds is 6. The summed E-state index contributed by atoms with van der Waals surface area (Å²) in [6.45, 7) is 0.264. The first-order valence-electron chi connectivity index (χ1n) is 4.81. The van der Waals surface area contributed by atoms with E-state index in [1.807, 2.05) is 30.0 Å². The summed E-state index contributed by atoms with van der Waals surface area (Å²) < 4.78 is 0. The number of thioether (sulfide) groups is 1. The van der Waals surface area contributed by atoms with Crippen molar-refractivity contribution in [1.82, 2.24) is 0 Å². The molecule has 0 aliphatic heterocycles. The fraction of sp³-hybridized carbons (Fsp3) is 0.364. The minimum atomic E-state index is 0.264. The van der Waals surface area contributed by atoms with Gasteiger partial charge >= 0.3 is 0 Å². The molecule has 0 unspecified atom stereocenters. The lowest BCUT2D eigenvalue weighted by Crippen LogP contribution is -2.09. The zero-order chi connectivity index (χ0) is 11.1. The highest BCUT2D eigenvalue weighted by molar-refractivity contribution is 7.98. The van der Waals surface area contributed by atoms with Crippen LogP contribution in [-0.2, 0) is 5.75 Å². The Morgan fingerprint density at radius 1 is 1.47 bits per heavy atom. The average Bonchev–Trinajstić information content (AvgIpc) is 2.25. The van der Waals surface area contributed by atoms with E-state index >= 15 is 0 Å². The molecular formula is C11H15NOS2. The fourth-order valence-corrected chi connectivity index (χ4v) is 2.19. The van der Waals surface area contributed by atoms with Gasteiger partial charge in [0.05, 0.1) is 0 Å². The van der Waals surface area contributed by atoms with Crippen LogP contribution in [0, 0.1) is 0 Å². The zero-order valence-electron chi connectivity index (χ0n) is 8.48. The van der Waals surface area contributed by atoms with E-state index in [2.05, 4.69) is 6.07 Å². The summed E-state index contributed by atoms with van der Waals surface area (Å²) >= 11 is 6.72. The Bertz CT molecular complexity index is 328. The van der Waals surface area contributed by atoms with Crippen LogP contribution in [0.5, 0.6) is 0 Å². The Labute approximate surface area is 99.9 Å². The summed E-state index contributed by atoms with van der Waals surface area (Å²) in [6.07, 6.45) is 0.847. The number of thiocarbonyl (C=S) groups is 1. The van der Waals surface area contributed by atoms with Gasteiger partial charge in [-0.2, -0.15) is 11.8 Å². The highest BCUT2D eigenvalue weighted by atomic mass is 32.2. The molecule has 15 heavy (non-hydrogen) atoms. The molecule has 0 radical (unpaired) electrons. The zero-order valence-corrected chi connectivity index (χ0v) is 10.1. The monoisotopic (exact) mass is 241 g/mol. The number of hydrogen-bond donors (Lipinski definition) is 2. The van der Waals surface area contributed by atoms with E-state index in [0.717, 1.165) is 23.5 Å². The van der Waals surface area contributed by atoms with E-state index in [-0.39, 0.29) is 6.61 Å². The lowest BCUT2D eigenvalue weighted by Gasteiger charge is -2.03.